The van der Waals surface area contributed by atoms with E-state index in [-0.39, 0.29) is 25.2 Å². The van der Waals surface area contributed by atoms with Crippen LogP contribution in [-0.2, 0) is 24.1 Å². The van der Waals surface area contributed by atoms with Gasteiger partial charge in [0, 0.05) is 27.9 Å². The molecule has 8 heteroatoms. The summed E-state index contributed by atoms with van der Waals surface area (Å²) in [6.07, 6.45) is 9.28. The largest absolute Gasteiger partial charge is 1.00 e. The van der Waals surface area contributed by atoms with E-state index in [1.807, 2.05) is 24.3 Å². The maximum atomic E-state index is 12.3. The number of allylic oxidation sites excluding steroid dienone is 3. The molecular weight excluding hydrogens is 483 g/mol. The summed E-state index contributed by atoms with van der Waals surface area (Å²) in [5, 5.41) is 14.1. The molecule has 4 aromatic rings. The monoisotopic (exact) mass is 497 g/mol. The van der Waals surface area contributed by atoms with Gasteiger partial charge in [0.1, 0.15) is 5.75 Å². The molecule has 1 aliphatic carbocycles. The van der Waals surface area contributed by atoms with Gasteiger partial charge in [-0.25, -0.2) is 0 Å². The van der Waals surface area contributed by atoms with E-state index >= 15 is 0 Å². The summed E-state index contributed by atoms with van der Waals surface area (Å²) in [5.74, 6) is -0.748. The smallest absolute Gasteiger partial charge is 1.00 e. The minimum absolute atomic E-state index is 0. The Hall–Kier alpha value is -3.79. The Balaban J connectivity index is 0.000000297. The molecule has 6 rings (SSSR count). The van der Waals surface area contributed by atoms with Crippen LogP contribution in [0.15, 0.2) is 66.6 Å². The molecule has 0 saturated carbocycles. The summed E-state index contributed by atoms with van der Waals surface area (Å²) in [4.78, 5) is 32.2. The number of nitrogens with one attached hydrogen (secondary N) is 2. The number of carbonyl (C=O) groups is 2. The first-order valence-electron chi connectivity index (χ1n) is 8.84. The van der Waals surface area contributed by atoms with Gasteiger partial charge in [0.05, 0.1) is 22.2 Å². The third kappa shape index (κ3) is 3.61. The van der Waals surface area contributed by atoms with E-state index in [0.717, 1.165) is 5.52 Å². The number of nitrogens with zero attached hydrogens (tertiary/aromatic N) is 1. The van der Waals surface area contributed by atoms with E-state index < -0.39 is 11.8 Å². The maximum absolute atomic E-state index is 12.3. The van der Waals surface area contributed by atoms with Crippen LogP contribution >= 0.6 is 0 Å². The molecular formula is C23H13N3O4Ru+. The second-order valence-corrected chi connectivity index (χ2v) is 6.42. The summed E-state index contributed by atoms with van der Waals surface area (Å²) in [6.45, 7) is 4.50. The summed E-state index contributed by atoms with van der Waals surface area (Å²) >= 11 is 0. The fourth-order valence-electron chi connectivity index (χ4n) is 3.65. The number of fused-ring (bicyclic) bond motifs is 8. The Labute approximate surface area is 188 Å². The van der Waals surface area contributed by atoms with Crippen molar-refractivity contribution in [1.29, 1.82) is 0 Å². The van der Waals surface area contributed by atoms with Crippen molar-refractivity contribution >= 4 is 44.5 Å². The van der Waals surface area contributed by atoms with Gasteiger partial charge in [-0.05, 0) is 36.4 Å². The molecule has 0 spiro atoms. The Morgan fingerprint density at radius 2 is 1.71 bits per heavy atom. The second-order valence-electron chi connectivity index (χ2n) is 6.42. The summed E-state index contributed by atoms with van der Waals surface area (Å²) in [5.41, 5.74) is 5.62. The van der Waals surface area contributed by atoms with Gasteiger partial charge >= 0.3 is 30.8 Å². The van der Waals surface area contributed by atoms with Crippen LogP contribution < -0.4 is 5.32 Å². The van der Waals surface area contributed by atoms with Crippen LogP contribution in [0, 0.1) is 6.65 Å². The number of aromatic nitrogens is 2. The Bertz CT molecular complexity index is 1460. The maximum Gasteiger partial charge on any atom is 1.00 e. The van der Waals surface area contributed by atoms with Gasteiger partial charge in [0.2, 0.25) is 0 Å². The van der Waals surface area contributed by atoms with E-state index in [0.29, 0.717) is 38.3 Å². The van der Waals surface area contributed by atoms with Crippen molar-refractivity contribution in [3.8, 4) is 5.75 Å². The molecule has 7 nitrogen and oxygen atoms in total. The topological polar surface area (TPSA) is 115 Å². The quantitative estimate of drug-likeness (QED) is 0.113. The zero-order valence-corrected chi connectivity index (χ0v) is 17.5. The number of aromatic hydroxyl groups is 1. The Morgan fingerprint density at radius 1 is 1.00 bits per heavy atom. The van der Waals surface area contributed by atoms with Crippen molar-refractivity contribution in [2.75, 3.05) is 0 Å². The number of hydrogen-bond donors (Lipinski definition) is 3. The normalized spacial score (nSPS) is 12.7. The van der Waals surface area contributed by atoms with E-state index in [1.54, 1.807) is 36.5 Å². The van der Waals surface area contributed by atoms with Crippen LogP contribution in [0.1, 0.15) is 20.7 Å². The van der Waals surface area contributed by atoms with Crippen LogP contribution in [0.3, 0.4) is 0 Å². The van der Waals surface area contributed by atoms with Crippen molar-refractivity contribution in [1.82, 2.24) is 15.3 Å². The molecule has 0 saturated heterocycles. The van der Waals surface area contributed by atoms with Crippen molar-refractivity contribution in [3.05, 3.63) is 84.3 Å². The molecule has 2 aliphatic rings. The first kappa shape index (κ1) is 21.9. The molecule has 0 unspecified atom stereocenters. The number of phenolic OH excluding ortho intramolecular Hbond substituents is 1. The molecule has 31 heavy (non-hydrogen) atoms. The SMILES string of the molecule is C1=CC=CC=1.O=C1NC(=O)c2c1c1cccnc1c1[nH]c3ccc(O)cc3c21.[C-]#[O+].[Ru+]. The van der Waals surface area contributed by atoms with E-state index in [4.69, 9.17) is 4.65 Å². The van der Waals surface area contributed by atoms with E-state index in [2.05, 4.69) is 27.7 Å². The Kier molecular flexibility index (Phi) is 6.31. The molecule has 2 amide bonds. The zero-order valence-electron chi connectivity index (χ0n) is 15.7. The average molecular weight is 496 g/mol. The van der Waals surface area contributed by atoms with Crippen LogP contribution in [0.25, 0.3) is 32.7 Å². The molecule has 0 bridgehead atoms. The Morgan fingerprint density at radius 3 is 2.39 bits per heavy atom. The number of imide groups is 1. The van der Waals surface area contributed by atoms with Gasteiger partial charge < -0.3 is 10.1 Å². The molecule has 0 fully saturated rings. The minimum atomic E-state index is -0.426. The van der Waals surface area contributed by atoms with Gasteiger partial charge in [0.25, 0.3) is 11.8 Å². The molecule has 3 heterocycles. The number of amides is 2. The third-order valence-electron chi connectivity index (χ3n) is 4.77. The van der Waals surface area contributed by atoms with Gasteiger partial charge in [-0.2, -0.15) is 0 Å². The van der Waals surface area contributed by atoms with Gasteiger partial charge in [-0.1, -0.05) is 18.2 Å². The predicted octanol–water partition coefficient (Wildman–Crippen LogP) is 3.69. The standard InChI is InChI=1S/C17H9N3O3.C5H4.CO.Ru/c21-7-3-4-10-9(6-7)11-13-12(16(22)20-17(13)23)8-2-1-5-18-14(8)15(11)19-10;1-2-4-5-3-1;1-2;/h1-6,19,21H,(H,20,22,23);1-4H;;/q;;;+1. The van der Waals surface area contributed by atoms with Crippen molar-refractivity contribution in [2.45, 2.75) is 0 Å². The molecule has 3 N–H and O–H groups in total. The van der Waals surface area contributed by atoms with Crippen molar-refractivity contribution < 1.29 is 38.8 Å². The van der Waals surface area contributed by atoms with Crippen LogP contribution in [0.4, 0.5) is 0 Å². The second kappa shape index (κ2) is 8.92. The summed E-state index contributed by atoms with van der Waals surface area (Å²) in [7, 11) is 0. The molecule has 0 atom stereocenters. The predicted molar refractivity (Wildman–Crippen MR) is 110 cm³/mol. The van der Waals surface area contributed by atoms with E-state index in [9.17, 15) is 14.7 Å². The number of phenols is 1. The molecule has 151 valence electrons. The van der Waals surface area contributed by atoms with Crippen LogP contribution in [-0.4, -0.2) is 26.9 Å². The number of benzene rings is 2. The molecule has 1 aliphatic heterocycles. The van der Waals surface area contributed by atoms with Crippen molar-refractivity contribution in [2.24, 2.45) is 0 Å². The van der Waals surface area contributed by atoms with Gasteiger partial charge in [-0.15, -0.1) is 5.73 Å². The first-order valence-corrected chi connectivity index (χ1v) is 8.84. The first-order chi connectivity index (χ1) is 14.6. The third-order valence-corrected chi connectivity index (χ3v) is 4.77. The fraction of sp³-hybridized carbons (Fsp3) is 0. The molecule has 2 aromatic carbocycles. The molecule has 2 aromatic heterocycles. The summed E-state index contributed by atoms with van der Waals surface area (Å²) in [6, 6.07) is 8.40. The van der Waals surface area contributed by atoms with Gasteiger partial charge in [-0.3, -0.25) is 19.9 Å². The number of pyridine rings is 1. The minimum Gasteiger partial charge on any atom is 1.00 e. The van der Waals surface area contributed by atoms with Gasteiger partial charge in [0.15, 0.2) is 0 Å². The number of hydrogen-bond acceptors (Lipinski definition) is 4. The van der Waals surface area contributed by atoms with E-state index in [1.165, 1.54) is 0 Å². The molecule has 1 radical (unpaired) electrons. The average Bonchev–Trinajstić information content (AvgIpc) is 3.50. The zero-order chi connectivity index (χ0) is 21.3. The van der Waals surface area contributed by atoms with Crippen molar-refractivity contribution in [3.63, 3.8) is 0 Å². The number of H-pyrrole nitrogens is 1. The number of aromatic amines is 1. The van der Waals surface area contributed by atoms with Crippen LogP contribution in [0.5, 0.6) is 5.75 Å². The van der Waals surface area contributed by atoms with Crippen LogP contribution in [0.2, 0.25) is 0 Å². The fourth-order valence-corrected chi connectivity index (χ4v) is 3.65. The number of carbonyl (C=O) groups excluding carboxylic acids is 2. The summed E-state index contributed by atoms with van der Waals surface area (Å²) < 4.78 is 7.50. The number of rotatable bonds is 0.